The Kier molecular flexibility index (Phi) is 14.8. The van der Waals surface area contributed by atoms with Gasteiger partial charge in [0.25, 0.3) is 5.91 Å². The number of nitrogens with one attached hydrogen (secondary N) is 2. The van der Waals surface area contributed by atoms with Crippen LogP contribution in [-0.4, -0.2) is 149 Å². The number of cyclic esters (lactones) is 1. The van der Waals surface area contributed by atoms with Crippen LogP contribution in [0.15, 0.2) is 35.8 Å². The maximum Gasteiger partial charge on any atom is 0.324 e. The second-order valence-corrected chi connectivity index (χ2v) is 27.5. The van der Waals surface area contributed by atoms with Crippen LogP contribution in [0.25, 0.3) is 33.4 Å². The maximum absolute atomic E-state index is 15.3. The average molecular weight is 1090 g/mol. The van der Waals surface area contributed by atoms with E-state index in [4.69, 9.17) is 33.7 Å². The van der Waals surface area contributed by atoms with Crippen molar-refractivity contribution in [1.29, 1.82) is 0 Å². The first-order chi connectivity index (χ1) is 37.4. The third-order valence-corrected chi connectivity index (χ3v) is 19.8. The van der Waals surface area contributed by atoms with Crippen LogP contribution >= 0.6 is 11.3 Å². The smallest absolute Gasteiger partial charge is 0.324 e. The summed E-state index contributed by atoms with van der Waals surface area (Å²) in [4.78, 5) is 60.0. The van der Waals surface area contributed by atoms with E-state index < -0.39 is 35.6 Å². The highest BCUT2D eigenvalue weighted by Crippen LogP contribution is 2.52. The molecule has 78 heavy (non-hydrogen) atoms. The molecule has 7 fully saturated rings. The van der Waals surface area contributed by atoms with E-state index in [2.05, 4.69) is 95.6 Å². The first-order valence-corrected chi connectivity index (χ1v) is 30.3. The van der Waals surface area contributed by atoms with Crippen LogP contribution in [0, 0.1) is 16.2 Å². The van der Waals surface area contributed by atoms with Gasteiger partial charge in [0.15, 0.2) is 0 Å². The number of methoxy groups -OCH3 is 1. The highest BCUT2D eigenvalue weighted by atomic mass is 32.1. The van der Waals surface area contributed by atoms with Crippen LogP contribution in [-0.2, 0) is 51.0 Å². The van der Waals surface area contributed by atoms with Crippen LogP contribution in [0.1, 0.15) is 159 Å². The summed E-state index contributed by atoms with van der Waals surface area (Å²) in [5.74, 6) is -0.629. The molecule has 2 aliphatic carbocycles. The number of carbonyl (C=O) groups is 3. The lowest BCUT2D eigenvalue weighted by atomic mass is 9.63. The number of likely N-dealkylation sites (tertiary alicyclic amines) is 2. The van der Waals surface area contributed by atoms with Gasteiger partial charge >= 0.3 is 5.97 Å². The van der Waals surface area contributed by atoms with Crippen molar-refractivity contribution >= 4 is 40.0 Å². The number of aromatic nitrogens is 3. The molecule has 422 valence electrons. The molecule has 6 bridgehead atoms. The number of carbonyl (C=O) groups excluding carboxylic acids is 3. The Labute approximate surface area is 465 Å². The van der Waals surface area contributed by atoms with E-state index >= 15 is 4.79 Å². The molecule has 4 aromatic rings. The quantitative estimate of drug-likeness (QED) is 0.130. The molecule has 6 atom stereocenters. The molecule has 1 spiro atoms. The molecule has 0 unspecified atom stereocenters. The van der Waals surface area contributed by atoms with Crippen LogP contribution in [0.2, 0.25) is 0 Å². The lowest BCUT2D eigenvalue weighted by Crippen LogP contribution is -2.68. The third kappa shape index (κ3) is 10.7. The number of benzene rings is 1. The highest BCUT2D eigenvalue weighted by molar-refractivity contribution is 7.10. The Balaban J connectivity index is 1.00. The molecule has 16 nitrogen and oxygen atoms in total. The topological polar surface area (TPSA) is 162 Å². The van der Waals surface area contributed by atoms with Gasteiger partial charge in [-0.25, -0.2) is 10.4 Å². The van der Waals surface area contributed by atoms with E-state index in [9.17, 15) is 9.59 Å². The van der Waals surface area contributed by atoms with Crippen LogP contribution in [0.3, 0.4) is 0 Å². The summed E-state index contributed by atoms with van der Waals surface area (Å²) in [6.45, 7) is 21.4. The fraction of sp³-hybridized carbons (Fsp3) is 0.689. The number of hydrogen-bond donors (Lipinski definition) is 2. The predicted octanol–water partition coefficient (Wildman–Crippen LogP) is 8.91. The Hall–Kier alpha value is -4.33. The van der Waals surface area contributed by atoms with Crippen molar-refractivity contribution in [1.82, 2.24) is 40.1 Å². The van der Waals surface area contributed by atoms with E-state index in [-0.39, 0.29) is 47.1 Å². The highest BCUT2D eigenvalue weighted by Gasteiger charge is 2.54. The first-order valence-electron chi connectivity index (χ1n) is 29.4. The van der Waals surface area contributed by atoms with E-state index in [1.807, 2.05) is 13.8 Å². The van der Waals surface area contributed by atoms with Crippen molar-refractivity contribution in [2.75, 3.05) is 66.3 Å². The van der Waals surface area contributed by atoms with Crippen LogP contribution in [0.5, 0.6) is 0 Å². The summed E-state index contributed by atoms with van der Waals surface area (Å²) < 4.78 is 33.8. The van der Waals surface area contributed by atoms with Gasteiger partial charge in [0, 0.05) is 96.8 Å². The Morgan fingerprint density at radius 2 is 1.76 bits per heavy atom. The van der Waals surface area contributed by atoms with Gasteiger partial charge in [-0.1, -0.05) is 40.2 Å². The molecule has 9 heterocycles. The minimum absolute atomic E-state index is 0.0795. The van der Waals surface area contributed by atoms with E-state index in [1.165, 1.54) is 36.2 Å². The lowest BCUT2D eigenvalue weighted by molar-refractivity contribution is -0.186. The Morgan fingerprint density at radius 1 is 0.962 bits per heavy atom. The van der Waals surface area contributed by atoms with Crippen molar-refractivity contribution in [3.8, 4) is 22.5 Å². The number of pyridine rings is 1. The molecule has 3 aromatic heterocycles. The zero-order valence-electron chi connectivity index (χ0n) is 47.5. The van der Waals surface area contributed by atoms with Gasteiger partial charge in [-0.05, 0) is 139 Å². The molecular weight excluding hydrogens is 1000 g/mol. The zero-order chi connectivity index (χ0) is 54.3. The van der Waals surface area contributed by atoms with Crippen molar-refractivity contribution in [3.05, 3.63) is 57.7 Å². The number of hydrazine groups is 1. The fourth-order valence-corrected chi connectivity index (χ4v) is 15.0. The minimum atomic E-state index is -1.01. The van der Waals surface area contributed by atoms with Gasteiger partial charge < -0.3 is 38.5 Å². The largest absolute Gasteiger partial charge is 0.464 e. The van der Waals surface area contributed by atoms with Crippen molar-refractivity contribution < 1.29 is 38.1 Å². The predicted molar refractivity (Wildman–Crippen MR) is 300 cm³/mol. The fourth-order valence-electron chi connectivity index (χ4n) is 14.0. The van der Waals surface area contributed by atoms with E-state index in [0.717, 1.165) is 120 Å². The number of nitrogens with zero attached hydrogens (tertiary/aromatic N) is 6. The molecular formula is C61H84N8O8S. The number of thiazole rings is 1. The molecule has 0 radical (unpaired) electrons. The Morgan fingerprint density at radius 3 is 2.45 bits per heavy atom. The zero-order valence-corrected chi connectivity index (χ0v) is 48.3. The molecule has 2 saturated carbocycles. The SMILES string of the molecule is CO[C@@H](C)c1ncc(C2CCN(C3CC3)CC2)cc1-c1c2c3cc(ccc3n1CCO[C@H]1CCOC(C)(C)C1)-c1csc(n1)[C@@H](N1CC3(CCC3)C1)[C@H](NC(=O)[C@H]1OCC1(C)C)C(=O)N1CCC[C@H](N1)C(=O)OCC(C)(C)C2. The molecule has 2 N–H and O–H groups in total. The van der Waals surface area contributed by atoms with Gasteiger partial charge in [-0.3, -0.25) is 29.3 Å². The normalized spacial score (nSPS) is 28.8. The number of esters is 1. The number of fused-ring (bicyclic) bond motifs is 6. The molecule has 17 heteroatoms. The van der Waals surface area contributed by atoms with Gasteiger partial charge in [0.05, 0.1) is 60.8 Å². The molecule has 6 aliphatic heterocycles. The summed E-state index contributed by atoms with van der Waals surface area (Å²) >= 11 is 1.54. The summed E-state index contributed by atoms with van der Waals surface area (Å²) in [6, 6.07) is 7.57. The minimum Gasteiger partial charge on any atom is -0.464 e. The van der Waals surface area contributed by atoms with Crippen molar-refractivity contribution in [2.24, 2.45) is 16.2 Å². The molecule has 1 aromatic carbocycles. The monoisotopic (exact) mass is 1090 g/mol. The number of piperidine rings is 1. The van der Waals surface area contributed by atoms with Crippen molar-refractivity contribution in [3.63, 3.8) is 0 Å². The van der Waals surface area contributed by atoms with Crippen molar-refractivity contribution in [2.45, 2.75) is 186 Å². The molecule has 2 amide bonds. The second-order valence-electron chi connectivity index (χ2n) is 26.6. The standard InChI is InChI=1S/C61H84N8O8S/c1-37(73-8)49-44(28-40(31-62-49)38-16-22-66(23-17-38)41-13-14-41)51-45-30-58(2,3)35-76-57(72)46-11-9-21-69(65-46)56(71)50(64-54(70)53-59(4,5)36-75-53)52(67-33-61(34-67)19-10-20-61)55-63-47(32-78-55)39-12-15-48(43(45)27-39)68(51)24-26-74-42-18-25-77-60(6,7)29-42/h12,15,27-28,31-32,37-38,41-42,46,50,52-53,65H,9-11,13-14,16-26,29-30,33-36H2,1-8H3,(H,64,70)/t37-,42-,46-,50-,52-,53+/m0/s1. The number of ether oxygens (including phenoxy) is 5. The maximum atomic E-state index is 15.3. The first kappa shape index (κ1) is 54.3. The molecule has 8 aliphatic rings. The molecule has 12 rings (SSSR count). The molecule has 5 saturated heterocycles. The lowest BCUT2D eigenvalue weighted by Gasteiger charge is -2.59. The summed E-state index contributed by atoms with van der Waals surface area (Å²) in [7, 11) is 1.76. The number of amides is 2. The van der Waals surface area contributed by atoms with Gasteiger partial charge in [-0.2, -0.15) is 0 Å². The number of rotatable bonds is 12. The average Bonchev–Trinajstić information content (AvgIpc) is 4.26. The Bertz CT molecular complexity index is 2890. The summed E-state index contributed by atoms with van der Waals surface area (Å²) in [6.07, 6.45) is 12.9. The van der Waals surface area contributed by atoms with Gasteiger partial charge in [0.2, 0.25) is 5.91 Å². The van der Waals surface area contributed by atoms with E-state index in [0.29, 0.717) is 58.1 Å². The number of hydrogen-bond acceptors (Lipinski definition) is 14. The third-order valence-electron chi connectivity index (χ3n) is 18.9. The van der Waals surface area contributed by atoms with Crippen LogP contribution in [0.4, 0.5) is 0 Å². The van der Waals surface area contributed by atoms with Crippen LogP contribution < -0.4 is 10.7 Å². The van der Waals surface area contributed by atoms with Gasteiger partial charge in [-0.15, -0.1) is 11.3 Å². The van der Waals surface area contributed by atoms with Gasteiger partial charge in [0.1, 0.15) is 23.2 Å². The second kappa shape index (κ2) is 21.2. The van der Waals surface area contributed by atoms with E-state index in [1.54, 1.807) is 12.1 Å². The summed E-state index contributed by atoms with van der Waals surface area (Å²) in [5, 5.41) is 8.77. The summed E-state index contributed by atoms with van der Waals surface area (Å²) in [5.41, 5.74) is 10.6.